The lowest BCUT2D eigenvalue weighted by molar-refractivity contribution is 0.243. The van der Waals surface area contributed by atoms with Crippen molar-refractivity contribution < 1.29 is 4.74 Å². The smallest absolute Gasteiger partial charge is 0.124 e. The Morgan fingerprint density at radius 3 is 2.15 bits per heavy atom. The lowest BCUT2D eigenvalue weighted by Gasteiger charge is -2.19. The van der Waals surface area contributed by atoms with Gasteiger partial charge in [-0.15, -0.1) is 0 Å². The van der Waals surface area contributed by atoms with Crippen molar-refractivity contribution in [3.8, 4) is 0 Å². The van der Waals surface area contributed by atoms with Crippen LogP contribution in [-0.4, -0.2) is 19.6 Å². The van der Waals surface area contributed by atoms with Crippen molar-refractivity contribution in [2.24, 2.45) is 4.99 Å². The predicted octanol–water partition coefficient (Wildman–Crippen LogP) is 3.12. The third kappa shape index (κ3) is 2.58. The molecule has 0 aromatic heterocycles. The summed E-state index contributed by atoms with van der Waals surface area (Å²) < 4.78 is 5.20. The van der Waals surface area contributed by atoms with Crippen LogP contribution in [0.25, 0.3) is 0 Å². The summed E-state index contributed by atoms with van der Waals surface area (Å²) in [4.78, 5) is 4.79. The standard InChI is InChI=1S/C17H18N2O/c1-20-12-15-18-16(13-8-4-2-5-9-13)17(19-15)14-10-6-3-7-11-14/h2-11,16-17H,12H2,1H3,(H,18,19)/t16-,17+. The summed E-state index contributed by atoms with van der Waals surface area (Å²) in [7, 11) is 1.69. The first kappa shape index (κ1) is 12.9. The summed E-state index contributed by atoms with van der Waals surface area (Å²) in [5, 5.41) is 3.48. The molecule has 0 amide bonds. The second-order valence-corrected chi connectivity index (χ2v) is 4.90. The summed E-state index contributed by atoms with van der Waals surface area (Å²) in [6, 6.07) is 21.1. The number of ether oxygens (including phenoxy) is 1. The normalized spacial score (nSPS) is 21.4. The Bertz CT molecular complexity index is 580. The zero-order valence-corrected chi connectivity index (χ0v) is 11.5. The highest BCUT2D eigenvalue weighted by atomic mass is 16.5. The Kier molecular flexibility index (Phi) is 3.79. The summed E-state index contributed by atoms with van der Waals surface area (Å²) in [6.07, 6.45) is 0. The minimum atomic E-state index is 0.101. The van der Waals surface area contributed by atoms with Gasteiger partial charge < -0.3 is 10.1 Å². The van der Waals surface area contributed by atoms with Crippen molar-refractivity contribution in [1.82, 2.24) is 5.32 Å². The van der Waals surface area contributed by atoms with Crippen molar-refractivity contribution in [1.29, 1.82) is 0 Å². The number of aliphatic imine (C=N–C) groups is 1. The fourth-order valence-electron chi connectivity index (χ4n) is 2.60. The Balaban J connectivity index is 1.93. The van der Waals surface area contributed by atoms with Crippen molar-refractivity contribution in [2.45, 2.75) is 12.1 Å². The molecule has 1 heterocycles. The van der Waals surface area contributed by atoms with Gasteiger partial charge in [0.2, 0.25) is 0 Å². The molecule has 3 heteroatoms. The molecule has 3 rings (SSSR count). The Morgan fingerprint density at radius 2 is 1.55 bits per heavy atom. The largest absolute Gasteiger partial charge is 0.377 e. The molecule has 2 aromatic rings. The highest BCUT2D eigenvalue weighted by molar-refractivity contribution is 5.86. The van der Waals surface area contributed by atoms with Gasteiger partial charge in [-0.05, 0) is 11.1 Å². The van der Waals surface area contributed by atoms with E-state index in [2.05, 4.69) is 53.8 Å². The molecule has 0 bridgehead atoms. The second kappa shape index (κ2) is 5.88. The van der Waals surface area contributed by atoms with Gasteiger partial charge in [-0.25, -0.2) is 0 Å². The zero-order valence-electron chi connectivity index (χ0n) is 11.5. The van der Waals surface area contributed by atoms with Crippen molar-refractivity contribution in [3.05, 3.63) is 71.8 Å². The average Bonchev–Trinajstić information content (AvgIpc) is 2.93. The summed E-state index contributed by atoms with van der Waals surface area (Å²) in [6.45, 7) is 0.521. The molecular formula is C17H18N2O. The van der Waals surface area contributed by atoms with E-state index in [1.165, 1.54) is 11.1 Å². The van der Waals surface area contributed by atoms with E-state index in [-0.39, 0.29) is 12.1 Å². The van der Waals surface area contributed by atoms with Crippen LogP contribution >= 0.6 is 0 Å². The number of methoxy groups -OCH3 is 1. The molecule has 102 valence electrons. The van der Waals surface area contributed by atoms with Crippen LogP contribution in [0.5, 0.6) is 0 Å². The molecule has 1 N–H and O–H groups in total. The number of hydrogen-bond donors (Lipinski definition) is 1. The first-order valence-electron chi connectivity index (χ1n) is 6.80. The zero-order chi connectivity index (χ0) is 13.8. The number of benzene rings is 2. The van der Waals surface area contributed by atoms with Crippen LogP contribution in [-0.2, 0) is 4.74 Å². The average molecular weight is 266 g/mol. The second-order valence-electron chi connectivity index (χ2n) is 4.90. The fraction of sp³-hybridized carbons (Fsp3) is 0.235. The van der Waals surface area contributed by atoms with E-state index in [0.29, 0.717) is 6.61 Å². The van der Waals surface area contributed by atoms with Gasteiger partial charge in [0.15, 0.2) is 0 Å². The van der Waals surface area contributed by atoms with E-state index in [1.54, 1.807) is 7.11 Å². The van der Waals surface area contributed by atoms with E-state index < -0.39 is 0 Å². The molecule has 2 atom stereocenters. The van der Waals surface area contributed by atoms with Crippen LogP contribution in [0.2, 0.25) is 0 Å². The van der Waals surface area contributed by atoms with Gasteiger partial charge in [-0.1, -0.05) is 60.7 Å². The molecule has 0 saturated carbocycles. The Morgan fingerprint density at radius 1 is 0.950 bits per heavy atom. The van der Waals surface area contributed by atoms with Gasteiger partial charge in [0, 0.05) is 7.11 Å². The highest BCUT2D eigenvalue weighted by Gasteiger charge is 2.30. The van der Waals surface area contributed by atoms with Gasteiger partial charge in [0.05, 0.1) is 6.04 Å². The first-order chi connectivity index (χ1) is 9.88. The number of hydrogen-bond acceptors (Lipinski definition) is 3. The molecule has 3 nitrogen and oxygen atoms in total. The Hall–Kier alpha value is -2.13. The number of nitrogens with zero attached hydrogens (tertiary/aromatic N) is 1. The number of rotatable bonds is 4. The summed E-state index contributed by atoms with van der Waals surface area (Å²) in [5.41, 5.74) is 2.47. The molecule has 0 spiro atoms. The molecule has 2 aromatic carbocycles. The predicted molar refractivity (Wildman–Crippen MR) is 80.8 cm³/mol. The number of nitrogens with one attached hydrogen (secondary N) is 1. The van der Waals surface area contributed by atoms with Crippen LogP contribution in [0, 0.1) is 0 Å². The topological polar surface area (TPSA) is 33.6 Å². The van der Waals surface area contributed by atoms with E-state index in [0.717, 1.165) is 5.84 Å². The molecule has 0 radical (unpaired) electrons. The maximum Gasteiger partial charge on any atom is 0.124 e. The monoisotopic (exact) mass is 266 g/mol. The van der Waals surface area contributed by atoms with Crippen molar-refractivity contribution in [2.75, 3.05) is 13.7 Å². The molecular weight excluding hydrogens is 248 g/mol. The van der Waals surface area contributed by atoms with Crippen LogP contribution in [0.1, 0.15) is 23.2 Å². The number of amidine groups is 1. The third-order valence-electron chi connectivity index (χ3n) is 3.51. The molecule has 0 saturated heterocycles. The Labute approximate surface area is 119 Å². The lowest BCUT2D eigenvalue weighted by atomic mass is 9.95. The van der Waals surface area contributed by atoms with Gasteiger partial charge in [0.25, 0.3) is 0 Å². The van der Waals surface area contributed by atoms with Crippen LogP contribution < -0.4 is 5.32 Å². The maximum absolute atomic E-state index is 5.20. The SMILES string of the molecule is COCC1=N[C@@H](c2ccccc2)[C@@H](c2ccccc2)N1. The van der Waals surface area contributed by atoms with Crippen LogP contribution in [0.15, 0.2) is 65.7 Å². The van der Waals surface area contributed by atoms with Gasteiger partial charge in [0.1, 0.15) is 18.5 Å². The molecule has 1 aliphatic heterocycles. The van der Waals surface area contributed by atoms with E-state index in [9.17, 15) is 0 Å². The highest BCUT2D eigenvalue weighted by Crippen LogP contribution is 2.35. The van der Waals surface area contributed by atoms with Gasteiger partial charge >= 0.3 is 0 Å². The van der Waals surface area contributed by atoms with E-state index in [4.69, 9.17) is 9.73 Å². The molecule has 0 aliphatic carbocycles. The quantitative estimate of drug-likeness (QED) is 0.922. The van der Waals surface area contributed by atoms with E-state index in [1.807, 2.05) is 12.1 Å². The van der Waals surface area contributed by atoms with Crippen LogP contribution in [0.4, 0.5) is 0 Å². The van der Waals surface area contributed by atoms with E-state index >= 15 is 0 Å². The molecule has 1 aliphatic rings. The maximum atomic E-state index is 5.20. The van der Waals surface area contributed by atoms with Crippen molar-refractivity contribution in [3.63, 3.8) is 0 Å². The molecule has 20 heavy (non-hydrogen) atoms. The molecule has 0 unspecified atom stereocenters. The minimum Gasteiger partial charge on any atom is -0.377 e. The lowest BCUT2D eigenvalue weighted by Crippen LogP contribution is -2.27. The summed E-state index contributed by atoms with van der Waals surface area (Å²) >= 11 is 0. The first-order valence-corrected chi connectivity index (χ1v) is 6.80. The minimum absolute atomic E-state index is 0.101. The summed E-state index contributed by atoms with van der Waals surface area (Å²) in [5.74, 6) is 0.912. The third-order valence-corrected chi connectivity index (χ3v) is 3.51. The van der Waals surface area contributed by atoms with Gasteiger partial charge in [-0.3, -0.25) is 4.99 Å². The van der Waals surface area contributed by atoms with Gasteiger partial charge in [-0.2, -0.15) is 0 Å². The fourth-order valence-corrected chi connectivity index (χ4v) is 2.60. The molecule has 0 fully saturated rings. The van der Waals surface area contributed by atoms with Crippen molar-refractivity contribution >= 4 is 5.84 Å². The van der Waals surface area contributed by atoms with Crippen LogP contribution in [0.3, 0.4) is 0 Å².